The number of aromatic nitrogens is 1. The number of nitrogens with one attached hydrogen (secondary N) is 1. The van der Waals surface area contributed by atoms with Crippen LogP contribution in [0.3, 0.4) is 0 Å². The summed E-state index contributed by atoms with van der Waals surface area (Å²) in [5.74, 6) is 1.82. The summed E-state index contributed by atoms with van der Waals surface area (Å²) in [5, 5.41) is 2.09. The van der Waals surface area contributed by atoms with Crippen molar-refractivity contribution in [1.29, 1.82) is 0 Å². The number of methoxy groups -OCH3 is 1. The van der Waals surface area contributed by atoms with E-state index >= 15 is 0 Å². The van der Waals surface area contributed by atoms with Crippen molar-refractivity contribution in [3.63, 3.8) is 0 Å². The highest BCUT2D eigenvalue weighted by molar-refractivity contribution is 6.00. The van der Waals surface area contributed by atoms with Crippen LogP contribution in [0.2, 0.25) is 0 Å². The largest absolute Gasteiger partial charge is 0.493 e. The zero-order valence-electron chi connectivity index (χ0n) is 15.1. The summed E-state index contributed by atoms with van der Waals surface area (Å²) in [6.07, 6.45) is -0.244. The molecule has 9 heteroatoms. The number of oxazole rings is 1. The van der Waals surface area contributed by atoms with Crippen LogP contribution in [0.5, 0.6) is 11.5 Å². The molecule has 0 spiro atoms. The summed E-state index contributed by atoms with van der Waals surface area (Å²) >= 11 is 0. The fraction of sp³-hybridized carbons (Fsp3) is 0.211. The molecular weight excluding hydrogens is 368 g/mol. The van der Waals surface area contributed by atoms with E-state index < -0.39 is 18.1 Å². The van der Waals surface area contributed by atoms with Crippen LogP contribution in [0, 0.1) is 6.92 Å². The lowest BCUT2D eigenvalue weighted by Gasteiger charge is -2.13. The lowest BCUT2D eigenvalue weighted by Crippen LogP contribution is -2.20. The minimum atomic E-state index is -1.01. The van der Waals surface area contributed by atoms with Crippen LogP contribution < -0.4 is 14.8 Å². The molecule has 1 atom stereocenters. The van der Waals surface area contributed by atoms with Crippen molar-refractivity contribution in [3.05, 3.63) is 53.6 Å². The standard InChI is InChI=1S/C19H16N2O7/c1-10-12(20-18(27-10)14-4-3-7-25-14)9-26-13-6-5-11(8-15(13)24-2)16-17(22)21-19(23)28-16/h3-8,16H,9H2,1-2H3,(H,21,22,23)/t16-/m1/s1. The predicted octanol–water partition coefficient (Wildman–Crippen LogP) is 3.14. The topological polar surface area (TPSA) is 113 Å². The van der Waals surface area contributed by atoms with E-state index in [9.17, 15) is 9.59 Å². The number of carbonyl (C=O) groups is 2. The zero-order valence-corrected chi connectivity index (χ0v) is 15.1. The number of imide groups is 1. The molecule has 0 aliphatic carbocycles. The SMILES string of the molecule is COc1cc([C@H]2OC(=O)NC2=O)ccc1OCc1nc(-c2ccco2)oc1C. The smallest absolute Gasteiger partial charge is 0.415 e. The number of amides is 2. The normalized spacial score (nSPS) is 16.0. The van der Waals surface area contributed by atoms with Crippen LogP contribution in [0.25, 0.3) is 11.7 Å². The van der Waals surface area contributed by atoms with Crippen molar-refractivity contribution in [3.8, 4) is 23.1 Å². The number of hydrogen-bond acceptors (Lipinski definition) is 8. The molecule has 144 valence electrons. The molecule has 0 radical (unpaired) electrons. The predicted molar refractivity (Wildman–Crippen MR) is 93.6 cm³/mol. The second kappa shape index (κ2) is 7.10. The minimum Gasteiger partial charge on any atom is -0.493 e. The van der Waals surface area contributed by atoms with Gasteiger partial charge in [-0.15, -0.1) is 0 Å². The van der Waals surface area contributed by atoms with Crippen LogP contribution >= 0.6 is 0 Å². The Morgan fingerprint density at radius 2 is 2.07 bits per heavy atom. The molecule has 1 saturated heterocycles. The zero-order chi connectivity index (χ0) is 19.7. The number of benzene rings is 1. The Balaban J connectivity index is 1.51. The summed E-state index contributed by atoms with van der Waals surface area (Å²) in [4.78, 5) is 27.4. The number of alkyl carbamates (subject to hydrolysis) is 1. The Morgan fingerprint density at radius 1 is 1.21 bits per heavy atom. The van der Waals surface area contributed by atoms with Crippen molar-refractivity contribution in [2.45, 2.75) is 19.6 Å². The minimum absolute atomic E-state index is 0.144. The number of rotatable bonds is 6. The highest BCUT2D eigenvalue weighted by atomic mass is 16.6. The highest BCUT2D eigenvalue weighted by Crippen LogP contribution is 2.33. The van der Waals surface area contributed by atoms with Crippen LogP contribution in [-0.2, 0) is 16.1 Å². The molecule has 1 aliphatic heterocycles. The van der Waals surface area contributed by atoms with Crippen molar-refractivity contribution in [2.24, 2.45) is 0 Å². The highest BCUT2D eigenvalue weighted by Gasteiger charge is 2.34. The second-order valence-corrected chi connectivity index (χ2v) is 5.97. The van der Waals surface area contributed by atoms with Crippen LogP contribution in [0.4, 0.5) is 4.79 Å². The van der Waals surface area contributed by atoms with E-state index in [1.54, 1.807) is 43.5 Å². The van der Waals surface area contributed by atoms with E-state index in [1.807, 2.05) is 0 Å². The van der Waals surface area contributed by atoms with Gasteiger partial charge in [-0.3, -0.25) is 10.1 Å². The molecule has 4 rings (SSSR count). The maximum atomic E-state index is 11.8. The van der Waals surface area contributed by atoms with Gasteiger partial charge >= 0.3 is 6.09 Å². The first kappa shape index (κ1) is 17.7. The van der Waals surface area contributed by atoms with E-state index in [1.165, 1.54) is 7.11 Å². The molecule has 1 N–H and O–H groups in total. The summed E-state index contributed by atoms with van der Waals surface area (Å²) < 4.78 is 27.0. The molecule has 2 amide bonds. The molecule has 0 bridgehead atoms. The summed E-state index contributed by atoms with van der Waals surface area (Å²) in [6, 6.07) is 8.35. The maximum absolute atomic E-state index is 11.8. The van der Waals surface area contributed by atoms with E-state index in [4.69, 9.17) is 23.0 Å². The number of ether oxygens (including phenoxy) is 3. The summed E-state index contributed by atoms with van der Waals surface area (Å²) in [6.45, 7) is 1.93. The van der Waals surface area contributed by atoms with Crippen LogP contribution in [-0.4, -0.2) is 24.1 Å². The van der Waals surface area contributed by atoms with E-state index in [0.717, 1.165) is 0 Å². The first-order valence-electron chi connectivity index (χ1n) is 8.37. The van der Waals surface area contributed by atoms with Gasteiger partial charge in [0.25, 0.3) is 11.8 Å². The van der Waals surface area contributed by atoms with Crippen molar-refractivity contribution in [2.75, 3.05) is 7.11 Å². The van der Waals surface area contributed by atoms with Gasteiger partial charge in [0.15, 0.2) is 17.3 Å². The number of nitrogens with zero attached hydrogens (tertiary/aromatic N) is 1. The van der Waals surface area contributed by atoms with E-state index in [2.05, 4.69) is 10.3 Å². The van der Waals surface area contributed by atoms with Crippen molar-refractivity contribution >= 4 is 12.0 Å². The quantitative estimate of drug-likeness (QED) is 0.690. The Hall–Kier alpha value is -3.75. The van der Waals surface area contributed by atoms with Gasteiger partial charge in [0, 0.05) is 5.56 Å². The molecule has 3 heterocycles. The molecule has 2 aromatic heterocycles. The number of hydrogen-bond donors (Lipinski definition) is 1. The third-order valence-electron chi connectivity index (χ3n) is 4.17. The summed E-state index contributed by atoms with van der Waals surface area (Å²) in [7, 11) is 1.48. The van der Waals surface area contributed by atoms with Gasteiger partial charge in [-0.2, -0.15) is 0 Å². The van der Waals surface area contributed by atoms with Gasteiger partial charge in [-0.05, 0) is 31.2 Å². The van der Waals surface area contributed by atoms with Gasteiger partial charge in [0.2, 0.25) is 6.10 Å². The molecule has 28 heavy (non-hydrogen) atoms. The number of carbonyl (C=O) groups excluding carboxylic acids is 2. The monoisotopic (exact) mass is 384 g/mol. The lowest BCUT2D eigenvalue weighted by molar-refractivity contribution is -0.123. The Labute approximate surface area is 159 Å². The van der Waals surface area contributed by atoms with E-state index in [-0.39, 0.29) is 6.61 Å². The fourth-order valence-electron chi connectivity index (χ4n) is 2.76. The molecule has 9 nitrogen and oxygen atoms in total. The summed E-state index contributed by atoms with van der Waals surface area (Å²) in [5.41, 5.74) is 1.09. The molecule has 1 aliphatic rings. The van der Waals surface area contributed by atoms with Crippen LogP contribution in [0.15, 0.2) is 45.4 Å². The Bertz CT molecular complexity index is 1020. The average molecular weight is 384 g/mol. The molecule has 3 aromatic rings. The molecule has 0 saturated carbocycles. The maximum Gasteiger partial charge on any atom is 0.415 e. The van der Waals surface area contributed by atoms with E-state index in [0.29, 0.717) is 40.2 Å². The Morgan fingerprint density at radius 3 is 2.75 bits per heavy atom. The molecular formula is C19H16N2O7. The van der Waals surface area contributed by atoms with Gasteiger partial charge < -0.3 is 23.0 Å². The number of furan rings is 1. The van der Waals surface area contributed by atoms with Crippen molar-refractivity contribution in [1.82, 2.24) is 10.3 Å². The van der Waals surface area contributed by atoms with Crippen molar-refractivity contribution < 1.29 is 32.6 Å². The Kier molecular flexibility index (Phi) is 4.48. The third-order valence-corrected chi connectivity index (χ3v) is 4.17. The number of cyclic esters (lactones) is 1. The molecule has 1 aromatic carbocycles. The van der Waals surface area contributed by atoms with Gasteiger partial charge in [-0.1, -0.05) is 6.07 Å². The molecule has 1 fully saturated rings. The van der Waals surface area contributed by atoms with Gasteiger partial charge in [0.1, 0.15) is 18.1 Å². The number of aryl methyl sites for hydroxylation is 1. The second-order valence-electron chi connectivity index (χ2n) is 5.97. The van der Waals surface area contributed by atoms with Gasteiger partial charge in [-0.25, -0.2) is 9.78 Å². The first-order chi connectivity index (χ1) is 13.5. The molecule has 0 unspecified atom stereocenters. The first-order valence-corrected chi connectivity index (χ1v) is 8.37. The third kappa shape index (κ3) is 3.29. The van der Waals surface area contributed by atoms with Gasteiger partial charge in [0.05, 0.1) is 13.4 Å². The van der Waals surface area contributed by atoms with Crippen LogP contribution in [0.1, 0.15) is 23.1 Å². The lowest BCUT2D eigenvalue weighted by atomic mass is 10.1. The fourth-order valence-corrected chi connectivity index (χ4v) is 2.76. The average Bonchev–Trinajstić information content (AvgIpc) is 3.40.